The van der Waals surface area contributed by atoms with E-state index < -0.39 is 63.3 Å². The number of ketones is 1. The van der Waals surface area contributed by atoms with Crippen LogP contribution in [0.15, 0.2) is 30.3 Å². The fraction of sp³-hybridized carbons (Fsp3) is 0.500. The van der Waals surface area contributed by atoms with E-state index in [2.05, 4.69) is 21.2 Å². The summed E-state index contributed by atoms with van der Waals surface area (Å²) < 4.78 is 13.6. The second-order valence-electron chi connectivity index (χ2n) is 8.13. The number of carbonyl (C=O) groups is 5. The third-order valence-corrected chi connectivity index (χ3v) is 7.11. The lowest BCUT2D eigenvalue weighted by Crippen LogP contribution is -2.74. The molecule has 2 aliphatic rings. The molecule has 1 aliphatic heterocycles. The molecule has 37 heavy (non-hydrogen) atoms. The first-order valence-corrected chi connectivity index (χ1v) is 14.1. The summed E-state index contributed by atoms with van der Waals surface area (Å²) in [7, 11) is 0. The van der Waals surface area contributed by atoms with Gasteiger partial charge in [0.15, 0.2) is 18.4 Å². The van der Waals surface area contributed by atoms with Crippen molar-refractivity contribution in [1.82, 2.24) is 10.2 Å². The van der Waals surface area contributed by atoms with Gasteiger partial charge in [0, 0.05) is 0 Å². The molecule has 2 amide bonds. The molecule has 0 radical (unpaired) electrons. The number of likely N-dealkylation sites (tertiary alicyclic amines) is 1. The van der Waals surface area contributed by atoms with Gasteiger partial charge in [0.2, 0.25) is 9.70 Å². The van der Waals surface area contributed by atoms with Crippen molar-refractivity contribution in [2.75, 3.05) is 25.2 Å². The summed E-state index contributed by atoms with van der Waals surface area (Å²) in [4.78, 5) is 64.2. The Kier molecular flexibility index (Phi) is 10.8. The van der Waals surface area contributed by atoms with Crippen molar-refractivity contribution in [2.24, 2.45) is 5.92 Å². The summed E-state index contributed by atoms with van der Waals surface area (Å²) in [6.07, 6.45) is 1.89. The number of para-hydroxylation sites is 1. The standard InChI is InChI=1S/C22H22BrCl3N2O8S/c23-8-14(29)17(20(32)36-11-22(24,25)26)28-18(31)16(19(28)37-21(33)35-9-12-6-7-12)27-15(30)10-34-13-4-2-1-3-5-13/h1-5,12,16-17,19H,6-11H2,(H,27,30). The van der Waals surface area contributed by atoms with Gasteiger partial charge in [-0.3, -0.25) is 14.4 Å². The lowest BCUT2D eigenvalue weighted by atomic mass is 10.0. The van der Waals surface area contributed by atoms with Crippen molar-refractivity contribution >= 4 is 91.4 Å². The molecule has 0 spiro atoms. The zero-order chi connectivity index (χ0) is 27.2. The van der Waals surface area contributed by atoms with Crippen LogP contribution in [0.2, 0.25) is 0 Å². The van der Waals surface area contributed by atoms with Crippen LogP contribution in [-0.2, 0) is 28.7 Å². The number of alkyl halides is 4. The molecule has 1 saturated heterocycles. The third kappa shape index (κ3) is 8.91. The largest absolute Gasteiger partial charge is 0.484 e. The molecule has 3 atom stereocenters. The van der Waals surface area contributed by atoms with E-state index in [4.69, 9.17) is 49.0 Å². The molecule has 1 aliphatic carbocycles. The van der Waals surface area contributed by atoms with Gasteiger partial charge in [0.1, 0.15) is 23.8 Å². The molecule has 2 fully saturated rings. The molecule has 1 N–H and O–H groups in total. The molecule has 3 rings (SSSR count). The first-order valence-electron chi connectivity index (χ1n) is 10.9. The van der Waals surface area contributed by atoms with Crippen LogP contribution in [-0.4, -0.2) is 80.2 Å². The molecule has 1 saturated carbocycles. The predicted molar refractivity (Wildman–Crippen MR) is 140 cm³/mol. The Balaban J connectivity index is 1.72. The first kappa shape index (κ1) is 29.8. The van der Waals surface area contributed by atoms with Crippen molar-refractivity contribution in [3.8, 4) is 5.75 Å². The minimum Gasteiger partial charge on any atom is -0.484 e. The van der Waals surface area contributed by atoms with Crippen LogP contribution in [0.25, 0.3) is 0 Å². The lowest BCUT2D eigenvalue weighted by molar-refractivity contribution is -0.167. The van der Waals surface area contributed by atoms with Gasteiger partial charge < -0.3 is 24.4 Å². The van der Waals surface area contributed by atoms with Crippen molar-refractivity contribution in [2.45, 2.75) is 34.1 Å². The monoisotopic (exact) mass is 658 g/mol. The number of nitrogens with zero attached hydrogens (tertiary/aromatic N) is 1. The van der Waals surface area contributed by atoms with E-state index in [1.165, 1.54) is 0 Å². The summed E-state index contributed by atoms with van der Waals surface area (Å²) in [5, 5.41) is 0.301. The molecular formula is C22H22BrCl3N2O8S. The average molecular weight is 661 g/mol. The van der Waals surface area contributed by atoms with Gasteiger partial charge in [-0.15, -0.1) is 0 Å². The van der Waals surface area contributed by atoms with Crippen LogP contribution in [0, 0.1) is 5.92 Å². The summed E-state index contributed by atoms with van der Waals surface area (Å²) in [5.41, 5.74) is 0. The summed E-state index contributed by atoms with van der Waals surface area (Å²) >= 11 is 20.4. The Bertz CT molecular complexity index is 1020. The van der Waals surface area contributed by atoms with Crippen molar-refractivity contribution < 1.29 is 38.2 Å². The van der Waals surface area contributed by atoms with Gasteiger partial charge in [-0.05, 0) is 42.7 Å². The first-order chi connectivity index (χ1) is 17.5. The number of thioether (sulfide) groups is 1. The second kappa shape index (κ2) is 13.4. The maximum absolute atomic E-state index is 13.1. The van der Waals surface area contributed by atoms with Crippen LogP contribution < -0.4 is 10.1 Å². The van der Waals surface area contributed by atoms with Crippen LogP contribution in [0.4, 0.5) is 4.79 Å². The van der Waals surface area contributed by atoms with Crippen LogP contribution in [0.1, 0.15) is 12.8 Å². The van der Waals surface area contributed by atoms with Crippen LogP contribution in [0.3, 0.4) is 0 Å². The fourth-order valence-electron chi connectivity index (χ4n) is 3.21. The molecule has 1 aromatic carbocycles. The molecule has 0 bridgehead atoms. The average Bonchev–Trinajstić information content (AvgIpc) is 3.70. The zero-order valence-corrected chi connectivity index (χ0v) is 23.7. The van der Waals surface area contributed by atoms with Gasteiger partial charge in [-0.1, -0.05) is 68.9 Å². The van der Waals surface area contributed by atoms with E-state index in [0.717, 1.165) is 17.7 Å². The number of β-lactam (4-membered cyclic amide) rings is 1. The number of halogens is 4. The van der Waals surface area contributed by atoms with Gasteiger partial charge in [0.05, 0.1) is 11.9 Å². The van der Waals surface area contributed by atoms with Crippen LogP contribution in [0.5, 0.6) is 5.75 Å². The lowest BCUT2D eigenvalue weighted by Gasteiger charge is -2.48. The van der Waals surface area contributed by atoms with Crippen molar-refractivity contribution in [3.63, 3.8) is 0 Å². The Labute approximate surface area is 240 Å². The number of ether oxygens (including phenoxy) is 3. The SMILES string of the molecule is O=C(COc1ccccc1)NC1C(=O)N(C(C(=O)CBr)C(=O)OCC(Cl)(Cl)Cl)C1SC(=O)OCC1CC1. The molecule has 3 unspecified atom stereocenters. The number of hydrogen-bond acceptors (Lipinski definition) is 9. The highest BCUT2D eigenvalue weighted by Gasteiger charge is 2.56. The van der Waals surface area contributed by atoms with E-state index in [-0.39, 0.29) is 17.9 Å². The number of benzene rings is 1. The number of amides is 2. The van der Waals surface area contributed by atoms with Gasteiger partial charge in [0.25, 0.3) is 5.91 Å². The number of nitrogens with one attached hydrogen (secondary N) is 1. The highest BCUT2D eigenvalue weighted by Crippen LogP contribution is 2.36. The summed E-state index contributed by atoms with van der Waals surface area (Å²) in [6.45, 7) is -0.876. The topological polar surface area (TPSA) is 128 Å². The van der Waals surface area contributed by atoms with Crippen molar-refractivity contribution in [3.05, 3.63) is 30.3 Å². The fourth-order valence-corrected chi connectivity index (χ4v) is 4.67. The van der Waals surface area contributed by atoms with E-state index in [1.54, 1.807) is 30.3 Å². The minimum atomic E-state index is -1.95. The van der Waals surface area contributed by atoms with Gasteiger partial charge >= 0.3 is 11.3 Å². The van der Waals surface area contributed by atoms with Gasteiger partial charge in [-0.25, -0.2) is 9.59 Å². The number of esters is 1. The third-order valence-electron chi connectivity index (χ3n) is 5.18. The molecule has 0 aromatic heterocycles. The molecule has 15 heteroatoms. The Morgan fingerprint density at radius 1 is 1.14 bits per heavy atom. The quantitative estimate of drug-likeness (QED) is 0.156. The minimum absolute atomic E-state index is 0.212. The molecule has 10 nitrogen and oxygen atoms in total. The molecule has 1 heterocycles. The Morgan fingerprint density at radius 3 is 2.41 bits per heavy atom. The van der Waals surface area contributed by atoms with Gasteiger partial charge in [-0.2, -0.15) is 0 Å². The normalized spacial score (nSPS) is 19.9. The van der Waals surface area contributed by atoms with E-state index in [1.807, 2.05) is 0 Å². The predicted octanol–water partition coefficient (Wildman–Crippen LogP) is 3.24. The number of Topliss-reactive ketones (excluding diaryl/α,β-unsaturated/α-hetero) is 1. The summed E-state index contributed by atoms with van der Waals surface area (Å²) in [6, 6.07) is 5.54. The van der Waals surface area contributed by atoms with Crippen molar-refractivity contribution in [1.29, 1.82) is 0 Å². The maximum Gasteiger partial charge on any atom is 0.369 e. The highest BCUT2D eigenvalue weighted by molar-refractivity contribution is 9.09. The molecule has 1 aromatic rings. The van der Waals surface area contributed by atoms with E-state index in [9.17, 15) is 24.0 Å². The Hall–Kier alpha value is -1.73. The maximum atomic E-state index is 13.1. The molecule has 202 valence electrons. The summed E-state index contributed by atoms with van der Waals surface area (Å²) in [5.74, 6) is -2.61. The van der Waals surface area contributed by atoms with E-state index in [0.29, 0.717) is 17.5 Å². The number of rotatable bonds is 12. The second-order valence-corrected chi connectivity index (χ2v) is 12.3. The number of hydrogen-bond donors (Lipinski definition) is 1. The van der Waals surface area contributed by atoms with Crippen LogP contribution >= 0.6 is 62.5 Å². The zero-order valence-electron chi connectivity index (χ0n) is 19.1. The van der Waals surface area contributed by atoms with E-state index >= 15 is 0 Å². The number of carbonyl (C=O) groups excluding carboxylic acids is 5. The molecular weight excluding hydrogens is 639 g/mol. The smallest absolute Gasteiger partial charge is 0.369 e. The Morgan fingerprint density at radius 2 is 1.81 bits per heavy atom. The highest BCUT2D eigenvalue weighted by atomic mass is 79.9.